The van der Waals surface area contributed by atoms with E-state index < -0.39 is 9.84 Å². The fourth-order valence-electron chi connectivity index (χ4n) is 3.85. The maximum Gasteiger partial charge on any atom is 0.251 e. The monoisotopic (exact) mass is 428 g/mol. The van der Waals surface area contributed by atoms with Crippen molar-refractivity contribution in [3.05, 3.63) is 65.2 Å². The highest BCUT2D eigenvalue weighted by molar-refractivity contribution is 7.90. The summed E-state index contributed by atoms with van der Waals surface area (Å²) in [6.07, 6.45) is 4.42. The van der Waals surface area contributed by atoms with Crippen molar-refractivity contribution in [2.45, 2.75) is 50.6 Å². The van der Waals surface area contributed by atoms with Gasteiger partial charge in [0.2, 0.25) is 0 Å². The highest BCUT2D eigenvalue weighted by atomic mass is 32.2. The Morgan fingerprint density at radius 3 is 2.20 bits per heavy atom. The molecule has 5 nitrogen and oxygen atoms in total. The van der Waals surface area contributed by atoms with Gasteiger partial charge in [-0.05, 0) is 73.7 Å². The Labute approximate surface area is 180 Å². The van der Waals surface area contributed by atoms with E-state index in [9.17, 15) is 13.2 Å². The van der Waals surface area contributed by atoms with Gasteiger partial charge < -0.3 is 5.32 Å². The van der Waals surface area contributed by atoms with Crippen molar-refractivity contribution in [2.75, 3.05) is 19.3 Å². The average Bonchev–Trinajstić information content (AvgIpc) is 2.73. The molecule has 1 saturated heterocycles. The fourth-order valence-corrected chi connectivity index (χ4v) is 4.48. The van der Waals surface area contributed by atoms with Crippen LogP contribution in [0.4, 0.5) is 0 Å². The first kappa shape index (κ1) is 22.5. The van der Waals surface area contributed by atoms with Crippen molar-refractivity contribution < 1.29 is 13.2 Å². The van der Waals surface area contributed by atoms with Crippen LogP contribution in [0.2, 0.25) is 0 Å². The van der Waals surface area contributed by atoms with Crippen LogP contribution in [0.1, 0.15) is 60.6 Å². The minimum absolute atomic E-state index is 0.118. The number of piperidine rings is 1. The molecule has 2 aromatic rings. The lowest BCUT2D eigenvalue weighted by Gasteiger charge is -2.30. The normalized spacial score (nSPS) is 16.9. The molecule has 0 radical (unpaired) electrons. The fraction of sp³-hybridized carbons (Fsp3) is 0.458. The molecule has 162 valence electrons. The summed E-state index contributed by atoms with van der Waals surface area (Å²) in [5.41, 5.74) is 2.76. The van der Waals surface area contributed by atoms with Gasteiger partial charge in [0.25, 0.3) is 5.91 Å². The van der Waals surface area contributed by atoms with Crippen LogP contribution in [0.3, 0.4) is 0 Å². The van der Waals surface area contributed by atoms with Crippen LogP contribution in [0, 0.1) is 5.92 Å². The first-order chi connectivity index (χ1) is 14.3. The molecule has 1 amide bonds. The number of carbonyl (C=O) groups excluding carboxylic acids is 1. The zero-order chi connectivity index (χ0) is 21.7. The Hall–Kier alpha value is -2.18. The number of likely N-dealkylation sites (tertiary alicyclic amines) is 1. The van der Waals surface area contributed by atoms with Gasteiger partial charge in [-0.3, -0.25) is 9.69 Å². The minimum atomic E-state index is -3.23. The Morgan fingerprint density at radius 2 is 1.67 bits per heavy atom. The van der Waals surface area contributed by atoms with Gasteiger partial charge in [0, 0.05) is 18.4 Å². The summed E-state index contributed by atoms with van der Waals surface area (Å²) in [5, 5.41) is 3.06. The third kappa shape index (κ3) is 5.92. The summed E-state index contributed by atoms with van der Waals surface area (Å²) >= 11 is 0. The predicted molar refractivity (Wildman–Crippen MR) is 120 cm³/mol. The summed E-state index contributed by atoms with van der Waals surface area (Å²) < 4.78 is 23.3. The molecule has 0 unspecified atom stereocenters. The molecule has 1 atom stereocenters. The molecule has 6 heteroatoms. The van der Waals surface area contributed by atoms with Crippen LogP contribution in [-0.2, 0) is 16.4 Å². The second-order valence-corrected chi connectivity index (χ2v) is 10.4. The summed E-state index contributed by atoms with van der Waals surface area (Å²) in [5.74, 6) is 0.703. The van der Waals surface area contributed by atoms with E-state index in [0.717, 1.165) is 37.5 Å². The van der Waals surface area contributed by atoms with E-state index in [4.69, 9.17) is 0 Å². The third-order valence-corrected chi connectivity index (χ3v) is 7.05. The van der Waals surface area contributed by atoms with E-state index in [1.807, 2.05) is 31.2 Å². The molecule has 0 bridgehead atoms. The van der Waals surface area contributed by atoms with E-state index in [0.29, 0.717) is 5.56 Å². The lowest BCUT2D eigenvalue weighted by Crippen LogP contribution is -2.32. The van der Waals surface area contributed by atoms with Crippen molar-refractivity contribution in [1.82, 2.24) is 10.2 Å². The number of sulfone groups is 1. The topological polar surface area (TPSA) is 66.5 Å². The second kappa shape index (κ2) is 9.75. The number of hydrogen-bond acceptors (Lipinski definition) is 4. The largest absolute Gasteiger partial charge is 0.345 e. The lowest BCUT2D eigenvalue weighted by molar-refractivity contribution is 0.0935. The summed E-state index contributed by atoms with van der Waals surface area (Å²) in [6.45, 7) is 7.52. The third-order valence-electron chi connectivity index (χ3n) is 5.92. The maximum absolute atomic E-state index is 12.7. The Morgan fingerprint density at radius 1 is 1.07 bits per heavy atom. The van der Waals surface area contributed by atoms with E-state index in [2.05, 4.69) is 17.1 Å². The molecular weight excluding hydrogens is 396 g/mol. The molecule has 2 aromatic carbocycles. The standard InChI is InChI=1S/C24H32N2O3S/c1-4-23(20-9-11-22(12-10-20)30(3,28)29)25-24(27)21-7-5-19(6-8-21)17-26-15-13-18(2)14-16-26/h5-12,18,23H,4,13-17H2,1-3H3,(H,25,27)/t23-/m0/s1. The molecule has 3 rings (SSSR count). The number of amides is 1. The summed E-state index contributed by atoms with van der Waals surface area (Å²) in [7, 11) is -3.23. The van der Waals surface area contributed by atoms with E-state index in [-0.39, 0.29) is 16.8 Å². The first-order valence-electron chi connectivity index (χ1n) is 10.7. The van der Waals surface area contributed by atoms with Gasteiger partial charge in [-0.15, -0.1) is 0 Å². The van der Waals surface area contributed by atoms with E-state index in [1.165, 1.54) is 24.7 Å². The minimum Gasteiger partial charge on any atom is -0.345 e. The van der Waals surface area contributed by atoms with E-state index >= 15 is 0 Å². The van der Waals surface area contributed by atoms with Gasteiger partial charge in [0.1, 0.15) is 0 Å². The zero-order valence-corrected chi connectivity index (χ0v) is 18.9. The number of hydrogen-bond donors (Lipinski definition) is 1. The summed E-state index contributed by atoms with van der Waals surface area (Å²) in [4.78, 5) is 15.5. The Kier molecular flexibility index (Phi) is 7.32. The molecule has 0 aromatic heterocycles. The van der Waals surface area contributed by atoms with Gasteiger partial charge in [0.15, 0.2) is 9.84 Å². The van der Waals surface area contributed by atoms with Crippen molar-refractivity contribution in [1.29, 1.82) is 0 Å². The molecule has 1 aliphatic heterocycles. The summed E-state index contributed by atoms with van der Waals surface area (Å²) in [6, 6.07) is 14.4. The molecule has 0 aliphatic carbocycles. The van der Waals surface area contributed by atoms with Crippen LogP contribution in [0.15, 0.2) is 53.4 Å². The van der Waals surface area contributed by atoms with E-state index in [1.54, 1.807) is 24.3 Å². The van der Waals surface area contributed by atoms with Crippen LogP contribution in [0.5, 0.6) is 0 Å². The SMILES string of the molecule is CC[C@H](NC(=O)c1ccc(CN2CCC(C)CC2)cc1)c1ccc(S(C)(=O)=O)cc1. The lowest BCUT2D eigenvalue weighted by atomic mass is 9.98. The zero-order valence-electron chi connectivity index (χ0n) is 18.1. The van der Waals surface area contributed by atoms with Crippen LogP contribution in [-0.4, -0.2) is 38.6 Å². The highest BCUT2D eigenvalue weighted by Crippen LogP contribution is 2.21. The van der Waals surface area contributed by atoms with Gasteiger partial charge in [-0.1, -0.05) is 38.1 Å². The number of nitrogens with zero attached hydrogens (tertiary/aromatic N) is 1. The molecule has 1 heterocycles. The van der Waals surface area contributed by atoms with Crippen molar-refractivity contribution in [2.24, 2.45) is 5.92 Å². The molecule has 30 heavy (non-hydrogen) atoms. The molecule has 1 fully saturated rings. The number of rotatable bonds is 7. The van der Waals surface area contributed by atoms with Crippen molar-refractivity contribution in [3.63, 3.8) is 0 Å². The van der Waals surface area contributed by atoms with Gasteiger partial charge in [-0.2, -0.15) is 0 Å². The average molecular weight is 429 g/mol. The Bertz CT molecular complexity index is 945. The van der Waals surface area contributed by atoms with Crippen LogP contribution in [0.25, 0.3) is 0 Å². The number of carbonyl (C=O) groups is 1. The predicted octanol–water partition coefficient (Wildman–Crippen LogP) is 4.20. The smallest absolute Gasteiger partial charge is 0.251 e. The van der Waals surface area contributed by atoms with Gasteiger partial charge >= 0.3 is 0 Å². The molecule has 0 spiro atoms. The second-order valence-electron chi connectivity index (χ2n) is 8.43. The highest BCUT2D eigenvalue weighted by Gasteiger charge is 2.17. The maximum atomic E-state index is 12.7. The molecular formula is C24H32N2O3S. The van der Waals surface area contributed by atoms with Crippen molar-refractivity contribution in [3.8, 4) is 0 Å². The van der Waals surface area contributed by atoms with Gasteiger partial charge in [-0.25, -0.2) is 8.42 Å². The molecule has 1 aliphatic rings. The van der Waals surface area contributed by atoms with Gasteiger partial charge in [0.05, 0.1) is 10.9 Å². The molecule has 0 saturated carbocycles. The van der Waals surface area contributed by atoms with Crippen molar-refractivity contribution >= 4 is 15.7 Å². The first-order valence-corrected chi connectivity index (χ1v) is 12.6. The van der Waals surface area contributed by atoms with Crippen LogP contribution >= 0.6 is 0 Å². The molecule has 1 N–H and O–H groups in total. The number of nitrogens with one attached hydrogen (secondary N) is 1. The quantitative estimate of drug-likeness (QED) is 0.718. The number of benzene rings is 2. The van der Waals surface area contributed by atoms with Crippen LogP contribution < -0.4 is 5.32 Å². The Balaban J connectivity index is 1.61.